The summed E-state index contributed by atoms with van der Waals surface area (Å²) in [6.45, 7) is 3.23. The second-order valence-corrected chi connectivity index (χ2v) is 9.42. The van der Waals surface area contributed by atoms with E-state index in [2.05, 4.69) is 0 Å². The Bertz CT molecular complexity index is 618. The molecule has 0 saturated carbocycles. The average Bonchev–Trinajstić information content (AvgIpc) is 2.28. The molecule has 0 unspecified atom stereocenters. The van der Waals surface area contributed by atoms with Crippen LogP contribution in [0.1, 0.15) is 13.8 Å². The monoisotopic (exact) mass is 326 g/mol. The van der Waals surface area contributed by atoms with Gasteiger partial charge in [-0.25, -0.2) is 16.8 Å². The van der Waals surface area contributed by atoms with Gasteiger partial charge >= 0.3 is 0 Å². The molecule has 8 heteroatoms. The third-order valence-corrected chi connectivity index (χ3v) is 6.00. The van der Waals surface area contributed by atoms with Crippen LogP contribution in [-0.2, 0) is 18.9 Å². The minimum atomic E-state index is -3.75. The molecule has 19 heavy (non-hydrogen) atoms. The van der Waals surface area contributed by atoms with E-state index in [-0.39, 0.29) is 17.3 Å². The van der Waals surface area contributed by atoms with Gasteiger partial charge in [-0.1, -0.05) is 0 Å². The van der Waals surface area contributed by atoms with Gasteiger partial charge in [-0.2, -0.15) is 0 Å². The lowest BCUT2D eigenvalue weighted by Gasteiger charge is -2.09. The summed E-state index contributed by atoms with van der Waals surface area (Å²) in [5.41, 5.74) is 0. The van der Waals surface area contributed by atoms with Crippen LogP contribution in [0.25, 0.3) is 0 Å². The van der Waals surface area contributed by atoms with Crippen LogP contribution in [0.2, 0.25) is 0 Å². The van der Waals surface area contributed by atoms with Crippen LogP contribution in [0.3, 0.4) is 0 Å². The number of hydrogen-bond donors (Lipinski definition) is 0. The van der Waals surface area contributed by atoms with E-state index in [1.807, 2.05) is 0 Å². The van der Waals surface area contributed by atoms with Crippen molar-refractivity contribution in [2.75, 3.05) is 12.4 Å². The molecule has 1 rings (SSSR count). The third-order valence-electron chi connectivity index (χ3n) is 2.46. The molecule has 1 aromatic rings. The Morgan fingerprint density at radius 1 is 1.11 bits per heavy atom. The average molecular weight is 327 g/mol. The van der Waals surface area contributed by atoms with Gasteiger partial charge in [0.2, 0.25) is 0 Å². The Morgan fingerprint density at radius 3 is 2.05 bits per heavy atom. The Morgan fingerprint density at radius 2 is 1.63 bits per heavy atom. The van der Waals surface area contributed by atoms with E-state index in [9.17, 15) is 16.8 Å². The number of sulfone groups is 1. The van der Waals surface area contributed by atoms with Gasteiger partial charge < -0.3 is 4.74 Å². The first kappa shape index (κ1) is 16.3. The second-order valence-electron chi connectivity index (χ2n) is 4.17. The molecule has 0 N–H and O–H groups in total. The molecule has 0 aromatic heterocycles. The predicted molar refractivity (Wildman–Crippen MR) is 73.9 cm³/mol. The summed E-state index contributed by atoms with van der Waals surface area (Å²) in [7, 11) is -1.73. The van der Waals surface area contributed by atoms with Crippen molar-refractivity contribution in [3.8, 4) is 5.75 Å². The van der Waals surface area contributed by atoms with Crippen LogP contribution in [-0.4, -0.2) is 34.4 Å². The second kappa shape index (κ2) is 6.11. The molecular formula is C11H15ClO5S2. The predicted octanol–water partition coefficient (Wildman–Crippen LogP) is 1.82. The highest BCUT2D eigenvalue weighted by molar-refractivity contribution is 8.13. The van der Waals surface area contributed by atoms with Crippen molar-refractivity contribution in [2.24, 2.45) is 0 Å². The molecule has 0 aliphatic carbocycles. The van der Waals surface area contributed by atoms with Gasteiger partial charge in [0.15, 0.2) is 9.84 Å². The van der Waals surface area contributed by atoms with Gasteiger partial charge in [-0.15, -0.1) is 0 Å². The van der Waals surface area contributed by atoms with E-state index in [0.717, 1.165) is 0 Å². The van der Waals surface area contributed by atoms with Gasteiger partial charge in [0.1, 0.15) is 12.4 Å². The summed E-state index contributed by atoms with van der Waals surface area (Å²) >= 11 is 0. The lowest BCUT2D eigenvalue weighted by molar-refractivity contribution is 0.340. The van der Waals surface area contributed by atoms with Crippen molar-refractivity contribution >= 4 is 29.6 Å². The molecular weight excluding hydrogens is 312 g/mol. The van der Waals surface area contributed by atoms with Crippen molar-refractivity contribution in [3.63, 3.8) is 0 Å². The summed E-state index contributed by atoms with van der Waals surface area (Å²) in [6, 6.07) is 5.46. The fourth-order valence-corrected chi connectivity index (χ4v) is 2.77. The SMILES string of the molecule is CC(C)S(=O)(=O)CCOc1ccc(S(=O)(=O)Cl)cc1. The van der Waals surface area contributed by atoms with E-state index in [0.29, 0.717) is 5.75 Å². The highest BCUT2D eigenvalue weighted by Gasteiger charge is 2.16. The molecule has 108 valence electrons. The van der Waals surface area contributed by atoms with E-state index in [1.165, 1.54) is 24.3 Å². The number of hydrogen-bond acceptors (Lipinski definition) is 5. The first-order chi connectivity index (χ1) is 8.63. The van der Waals surface area contributed by atoms with Crippen LogP contribution < -0.4 is 4.74 Å². The molecule has 0 fully saturated rings. The minimum Gasteiger partial charge on any atom is -0.493 e. The van der Waals surface area contributed by atoms with Crippen LogP contribution in [0.15, 0.2) is 29.2 Å². The van der Waals surface area contributed by atoms with Crippen molar-refractivity contribution in [2.45, 2.75) is 24.0 Å². The maximum absolute atomic E-state index is 11.5. The Balaban J connectivity index is 2.61. The maximum atomic E-state index is 11.5. The Kier molecular flexibility index (Phi) is 5.23. The van der Waals surface area contributed by atoms with E-state index in [4.69, 9.17) is 15.4 Å². The van der Waals surface area contributed by atoms with Crippen LogP contribution >= 0.6 is 10.7 Å². The standard InChI is InChI=1S/C11H15ClO5S2/c1-9(2)18(13,14)8-7-17-10-3-5-11(6-4-10)19(12,15)16/h3-6,9H,7-8H2,1-2H3. The topological polar surface area (TPSA) is 77.5 Å². The quantitative estimate of drug-likeness (QED) is 0.745. The zero-order chi connectivity index (χ0) is 14.7. The van der Waals surface area contributed by atoms with Crippen molar-refractivity contribution in [1.29, 1.82) is 0 Å². The summed E-state index contributed by atoms with van der Waals surface area (Å²) < 4.78 is 50.3. The van der Waals surface area contributed by atoms with Crippen LogP contribution in [0, 0.1) is 0 Å². The van der Waals surface area contributed by atoms with E-state index < -0.39 is 24.1 Å². The molecule has 0 aliphatic rings. The van der Waals surface area contributed by atoms with Gasteiger partial charge in [0.25, 0.3) is 9.05 Å². The zero-order valence-corrected chi connectivity index (χ0v) is 12.9. The molecule has 0 amide bonds. The molecule has 0 heterocycles. The van der Waals surface area contributed by atoms with Gasteiger partial charge in [0, 0.05) is 10.7 Å². The highest BCUT2D eigenvalue weighted by Crippen LogP contribution is 2.19. The molecule has 0 bridgehead atoms. The number of ether oxygens (including phenoxy) is 1. The fourth-order valence-electron chi connectivity index (χ4n) is 1.21. The van der Waals surface area contributed by atoms with Crippen LogP contribution in [0.4, 0.5) is 0 Å². The first-order valence-corrected chi connectivity index (χ1v) is 9.54. The molecule has 0 spiro atoms. The summed E-state index contributed by atoms with van der Waals surface area (Å²) in [4.78, 5) is -0.0312. The largest absolute Gasteiger partial charge is 0.493 e. The molecule has 0 saturated heterocycles. The van der Waals surface area contributed by atoms with Crippen molar-refractivity contribution < 1.29 is 21.6 Å². The van der Waals surface area contributed by atoms with Gasteiger partial charge in [-0.05, 0) is 38.1 Å². The number of rotatable bonds is 6. The number of benzene rings is 1. The number of halogens is 1. The molecule has 0 aliphatic heterocycles. The maximum Gasteiger partial charge on any atom is 0.261 e. The minimum absolute atomic E-state index is 0.0213. The Hall–Kier alpha value is -0.790. The molecule has 0 atom stereocenters. The summed E-state index contributed by atoms with van der Waals surface area (Å²) in [5.74, 6) is 0.309. The zero-order valence-electron chi connectivity index (χ0n) is 10.5. The smallest absolute Gasteiger partial charge is 0.261 e. The summed E-state index contributed by atoms with van der Waals surface area (Å²) in [6.07, 6.45) is 0. The van der Waals surface area contributed by atoms with E-state index >= 15 is 0 Å². The first-order valence-electron chi connectivity index (χ1n) is 5.52. The molecule has 0 radical (unpaired) electrons. The third kappa shape index (κ3) is 5.00. The van der Waals surface area contributed by atoms with Crippen LogP contribution in [0.5, 0.6) is 5.75 Å². The highest BCUT2D eigenvalue weighted by atomic mass is 35.7. The van der Waals surface area contributed by atoms with Gasteiger partial charge in [0.05, 0.1) is 15.9 Å². The summed E-state index contributed by atoms with van der Waals surface area (Å²) in [5, 5.41) is -0.445. The Labute approximate surface area is 117 Å². The van der Waals surface area contributed by atoms with Crippen molar-refractivity contribution in [3.05, 3.63) is 24.3 Å². The lowest BCUT2D eigenvalue weighted by atomic mass is 10.3. The normalized spacial score (nSPS) is 12.6. The van der Waals surface area contributed by atoms with Gasteiger partial charge in [-0.3, -0.25) is 0 Å². The molecule has 5 nitrogen and oxygen atoms in total. The lowest BCUT2D eigenvalue weighted by Crippen LogP contribution is -2.22. The fraction of sp³-hybridized carbons (Fsp3) is 0.455. The van der Waals surface area contributed by atoms with Crippen molar-refractivity contribution in [1.82, 2.24) is 0 Å². The molecule has 1 aromatic carbocycles. The van der Waals surface area contributed by atoms with E-state index in [1.54, 1.807) is 13.8 Å².